The Kier molecular flexibility index (Phi) is 8.82. The summed E-state index contributed by atoms with van der Waals surface area (Å²) in [5.74, 6) is 0. The van der Waals surface area contributed by atoms with Gasteiger partial charge in [-0.1, -0.05) is 0 Å². The maximum absolute atomic E-state index is 6.60. The number of nitrogens with zero attached hydrogens (tertiary/aromatic N) is 2. The van der Waals surface area contributed by atoms with Crippen LogP contribution in [-0.2, 0) is 9.47 Å². The normalized spacial score (nSPS) is 30.2. The highest BCUT2D eigenvalue weighted by Crippen LogP contribution is 2.30. The summed E-state index contributed by atoms with van der Waals surface area (Å²) in [6.45, 7) is 12.2. The van der Waals surface area contributed by atoms with Gasteiger partial charge in [0.05, 0.1) is 23.4 Å². The molecule has 2 atom stereocenters. The quantitative estimate of drug-likeness (QED) is 0.570. The molecular formula is C24H48N2O2. The predicted octanol–water partition coefficient (Wildman–Crippen LogP) is 5.10. The van der Waals surface area contributed by atoms with Crippen molar-refractivity contribution in [3.8, 4) is 0 Å². The van der Waals surface area contributed by atoms with E-state index in [1.165, 1.54) is 51.4 Å². The van der Waals surface area contributed by atoms with Crippen LogP contribution in [0.1, 0.15) is 92.4 Å². The van der Waals surface area contributed by atoms with Gasteiger partial charge < -0.3 is 19.3 Å². The second-order valence-corrected chi connectivity index (χ2v) is 11.2. The molecule has 0 aromatic carbocycles. The SMILES string of the molecule is CN(C)C1CCCC(OC(C)(C)CCN(C)C2CCC(OC(C)(C)C)CC2)C1. The van der Waals surface area contributed by atoms with Gasteiger partial charge in [-0.3, -0.25) is 0 Å². The lowest BCUT2D eigenvalue weighted by Crippen LogP contribution is -2.43. The van der Waals surface area contributed by atoms with Gasteiger partial charge in [-0.15, -0.1) is 0 Å². The summed E-state index contributed by atoms with van der Waals surface area (Å²) in [5, 5.41) is 0. The average Bonchev–Trinajstić information content (AvgIpc) is 2.59. The number of hydrogen-bond donors (Lipinski definition) is 0. The van der Waals surface area contributed by atoms with Crippen molar-refractivity contribution in [2.45, 2.75) is 128 Å². The van der Waals surface area contributed by atoms with Crippen molar-refractivity contribution in [1.29, 1.82) is 0 Å². The van der Waals surface area contributed by atoms with Gasteiger partial charge in [-0.2, -0.15) is 0 Å². The molecular weight excluding hydrogens is 348 g/mol. The van der Waals surface area contributed by atoms with E-state index in [9.17, 15) is 0 Å². The standard InChI is InChI=1S/C24H48N2O2/c1-23(2,3)27-21-14-12-19(13-15-21)26(8)17-16-24(4,5)28-22-11-9-10-20(18-22)25(6)7/h19-22H,9-18H2,1-8H3. The van der Waals surface area contributed by atoms with Crippen LogP contribution in [0.2, 0.25) is 0 Å². The Hall–Kier alpha value is -0.160. The first-order chi connectivity index (χ1) is 13.0. The smallest absolute Gasteiger partial charge is 0.0642 e. The molecule has 2 aliphatic carbocycles. The summed E-state index contributed by atoms with van der Waals surface area (Å²) in [5.41, 5.74) is -0.0604. The molecule has 2 fully saturated rings. The zero-order chi connectivity index (χ0) is 20.9. The van der Waals surface area contributed by atoms with Crippen LogP contribution >= 0.6 is 0 Å². The topological polar surface area (TPSA) is 24.9 Å². The van der Waals surface area contributed by atoms with E-state index in [-0.39, 0.29) is 11.2 Å². The molecule has 0 radical (unpaired) electrons. The summed E-state index contributed by atoms with van der Waals surface area (Å²) in [4.78, 5) is 4.94. The highest BCUT2D eigenvalue weighted by molar-refractivity contribution is 4.84. The zero-order valence-corrected chi connectivity index (χ0v) is 20.1. The summed E-state index contributed by atoms with van der Waals surface area (Å²) in [6.07, 6.45) is 11.9. The van der Waals surface area contributed by atoms with Crippen molar-refractivity contribution in [3.05, 3.63) is 0 Å². The fraction of sp³-hybridized carbons (Fsp3) is 1.00. The Morgan fingerprint density at radius 1 is 0.750 bits per heavy atom. The van der Waals surface area contributed by atoms with Crippen LogP contribution in [0.3, 0.4) is 0 Å². The minimum Gasteiger partial charge on any atom is -0.373 e. The molecule has 4 heteroatoms. The molecule has 2 unspecified atom stereocenters. The monoisotopic (exact) mass is 396 g/mol. The van der Waals surface area contributed by atoms with Crippen LogP contribution in [0, 0.1) is 0 Å². The van der Waals surface area contributed by atoms with Crippen LogP contribution in [0.5, 0.6) is 0 Å². The van der Waals surface area contributed by atoms with Gasteiger partial charge in [0.1, 0.15) is 0 Å². The Labute approximate surface area is 175 Å². The molecule has 0 aliphatic heterocycles. The molecule has 0 bridgehead atoms. The van der Waals surface area contributed by atoms with Crippen LogP contribution in [0.4, 0.5) is 0 Å². The lowest BCUT2D eigenvalue weighted by molar-refractivity contribution is -0.102. The highest BCUT2D eigenvalue weighted by atomic mass is 16.5. The van der Waals surface area contributed by atoms with Crippen molar-refractivity contribution in [2.24, 2.45) is 0 Å². The highest BCUT2D eigenvalue weighted by Gasteiger charge is 2.31. The van der Waals surface area contributed by atoms with E-state index >= 15 is 0 Å². The molecule has 0 amide bonds. The lowest BCUT2D eigenvalue weighted by atomic mass is 9.90. The Balaban J connectivity index is 1.72. The van der Waals surface area contributed by atoms with Gasteiger partial charge >= 0.3 is 0 Å². The number of ether oxygens (including phenoxy) is 2. The number of rotatable bonds is 8. The second kappa shape index (κ2) is 10.2. The van der Waals surface area contributed by atoms with Gasteiger partial charge in [0, 0.05) is 18.6 Å². The summed E-state index contributed by atoms with van der Waals surface area (Å²) >= 11 is 0. The van der Waals surface area contributed by atoms with Crippen molar-refractivity contribution < 1.29 is 9.47 Å². The molecule has 28 heavy (non-hydrogen) atoms. The number of hydrogen-bond acceptors (Lipinski definition) is 4. The third-order valence-electron chi connectivity index (χ3n) is 6.67. The Bertz CT molecular complexity index is 450. The molecule has 4 nitrogen and oxygen atoms in total. The molecule has 0 saturated heterocycles. The van der Waals surface area contributed by atoms with E-state index in [0.29, 0.717) is 24.3 Å². The van der Waals surface area contributed by atoms with E-state index in [0.717, 1.165) is 13.0 Å². The molecule has 0 heterocycles. The van der Waals surface area contributed by atoms with E-state index in [1.54, 1.807) is 0 Å². The predicted molar refractivity (Wildman–Crippen MR) is 119 cm³/mol. The van der Waals surface area contributed by atoms with Crippen LogP contribution in [0.25, 0.3) is 0 Å². The van der Waals surface area contributed by atoms with Crippen molar-refractivity contribution in [1.82, 2.24) is 9.80 Å². The first-order valence-electron chi connectivity index (χ1n) is 11.7. The van der Waals surface area contributed by atoms with Gasteiger partial charge in [0.2, 0.25) is 0 Å². The van der Waals surface area contributed by atoms with E-state index in [2.05, 4.69) is 65.6 Å². The molecule has 0 aromatic rings. The molecule has 2 aliphatic rings. The molecule has 166 valence electrons. The van der Waals surface area contributed by atoms with Crippen LogP contribution < -0.4 is 0 Å². The maximum Gasteiger partial charge on any atom is 0.0642 e. The molecule has 0 aromatic heterocycles. The zero-order valence-electron chi connectivity index (χ0n) is 20.1. The van der Waals surface area contributed by atoms with Gasteiger partial charge in [-0.05, 0) is 114 Å². The Morgan fingerprint density at radius 3 is 1.96 bits per heavy atom. The lowest BCUT2D eigenvalue weighted by Gasteiger charge is -2.40. The molecule has 2 saturated carbocycles. The largest absolute Gasteiger partial charge is 0.373 e. The van der Waals surface area contributed by atoms with Gasteiger partial charge in [0.25, 0.3) is 0 Å². The fourth-order valence-electron chi connectivity index (χ4n) is 4.94. The Morgan fingerprint density at radius 2 is 1.39 bits per heavy atom. The van der Waals surface area contributed by atoms with Crippen molar-refractivity contribution >= 4 is 0 Å². The first kappa shape index (κ1) is 24.1. The van der Waals surface area contributed by atoms with Crippen LogP contribution in [0.15, 0.2) is 0 Å². The molecule has 0 spiro atoms. The van der Waals surface area contributed by atoms with Gasteiger partial charge in [0.15, 0.2) is 0 Å². The van der Waals surface area contributed by atoms with E-state index in [1.807, 2.05) is 0 Å². The van der Waals surface area contributed by atoms with Crippen molar-refractivity contribution in [3.63, 3.8) is 0 Å². The summed E-state index contributed by atoms with van der Waals surface area (Å²) in [7, 11) is 6.71. The molecule has 2 rings (SSSR count). The maximum atomic E-state index is 6.60. The first-order valence-corrected chi connectivity index (χ1v) is 11.7. The van der Waals surface area contributed by atoms with Crippen molar-refractivity contribution in [2.75, 3.05) is 27.7 Å². The second-order valence-electron chi connectivity index (χ2n) is 11.2. The average molecular weight is 397 g/mol. The van der Waals surface area contributed by atoms with E-state index < -0.39 is 0 Å². The van der Waals surface area contributed by atoms with Crippen LogP contribution in [-0.4, -0.2) is 73.0 Å². The fourth-order valence-corrected chi connectivity index (χ4v) is 4.94. The summed E-state index contributed by atoms with van der Waals surface area (Å²) in [6, 6.07) is 1.38. The molecule has 0 N–H and O–H groups in total. The minimum atomic E-state index is -0.0420. The van der Waals surface area contributed by atoms with Gasteiger partial charge in [-0.25, -0.2) is 0 Å². The summed E-state index contributed by atoms with van der Waals surface area (Å²) < 4.78 is 12.8. The van der Waals surface area contributed by atoms with E-state index in [4.69, 9.17) is 9.47 Å². The third kappa shape index (κ3) is 8.30. The minimum absolute atomic E-state index is 0.0184. The third-order valence-corrected chi connectivity index (χ3v) is 6.67.